The van der Waals surface area contributed by atoms with Crippen LogP contribution in [0, 0.1) is 11.8 Å². The molecular weight excluding hydrogens is 290 g/mol. The molecule has 116 valence electrons. The number of aryl methyl sites for hydroxylation is 1. The number of carboxylic acids is 1. The van der Waals surface area contributed by atoms with E-state index < -0.39 is 17.8 Å². The van der Waals surface area contributed by atoms with Crippen LogP contribution in [0.25, 0.3) is 5.65 Å². The monoisotopic (exact) mass is 305 g/mol. The average Bonchev–Trinajstić information content (AvgIpc) is 3.19. The molecule has 0 saturated heterocycles. The second-order valence-electron chi connectivity index (χ2n) is 5.35. The Morgan fingerprint density at radius 1 is 1.36 bits per heavy atom. The summed E-state index contributed by atoms with van der Waals surface area (Å²) in [7, 11) is 1.63. The maximum atomic E-state index is 11.8. The van der Waals surface area contributed by atoms with E-state index in [9.17, 15) is 14.4 Å². The van der Waals surface area contributed by atoms with E-state index in [-0.39, 0.29) is 17.1 Å². The summed E-state index contributed by atoms with van der Waals surface area (Å²) in [5.74, 6) is -1.60. The molecule has 0 unspecified atom stereocenters. The van der Waals surface area contributed by atoms with Gasteiger partial charge in [-0.2, -0.15) is 0 Å². The quantitative estimate of drug-likeness (QED) is 0.717. The first-order valence-corrected chi connectivity index (χ1v) is 6.89. The molecule has 9 heteroatoms. The number of rotatable bonds is 5. The zero-order valence-electron chi connectivity index (χ0n) is 11.9. The number of fused-ring (bicyclic) bond motifs is 1. The number of carbonyl (C=O) groups is 2. The molecule has 2 heterocycles. The molecular formula is C13H15N5O4. The number of aliphatic carboxylic acids is 1. The lowest BCUT2D eigenvalue weighted by molar-refractivity contribution is -0.140. The van der Waals surface area contributed by atoms with Crippen LogP contribution in [0.2, 0.25) is 0 Å². The second-order valence-corrected chi connectivity index (χ2v) is 5.35. The van der Waals surface area contributed by atoms with Crippen LogP contribution in [0.3, 0.4) is 0 Å². The van der Waals surface area contributed by atoms with Crippen LogP contribution < -0.4 is 10.9 Å². The van der Waals surface area contributed by atoms with Gasteiger partial charge in [-0.15, -0.1) is 10.2 Å². The van der Waals surface area contributed by atoms with Gasteiger partial charge in [0.1, 0.15) is 5.82 Å². The van der Waals surface area contributed by atoms with Gasteiger partial charge in [0.2, 0.25) is 11.6 Å². The van der Waals surface area contributed by atoms with Gasteiger partial charge in [-0.1, -0.05) is 0 Å². The number of hydrogen-bond donors (Lipinski definition) is 2. The smallest absolute Gasteiger partial charge is 0.307 e. The van der Waals surface area contributed by atoms with Gasteiger partial charge in [-0.05, 0) is 6.42 Å². The standard InChI is InChI=1S/C13H15N5O4/c1-17-4-5-18-9(15-16-10(18)12(17)20)2-3-14-11(19)7-6-8(7)13(21)22/h4-5,7-8H,2-3,6H2,1H3,(H,14,19)(H,21,22)/t7-,8+/m0/s1. The van der Waals surface area contributed by atoms with E-state index in [1.54, 1.807) is 23.8 Å². The molecule has 0 aliphatic heterocycles. The average molecular weight is 305 g/mol. The molecule has 2 atom stereocenters. The number of amides is 1. The molecule has 0 aromatic carbocycles. The second kappa shape index (κ2) is 5.24. The Balaban J connectivity index is 1.61. The number of nitrogens with zero attached hydrogens (tertiary/aromatic N) is 4. The van der Waals surface area contributed by atoms with Gasteiger partial charge in [0.15, 0.2) is 0 Å². The highest BCUT2D eigenvalue weighted by molar-refractivity contribution is 5.89. The molecule has 1 fully saturated rings. The molecule has 1 aliphatic rings. The molecule has 0 bridgehead atoms. The number of carboxylic acid groups (broad SMARTS) is 1. The van der Waals surface area contributed by atoms with Crippen molar-refractivity contribution in [3.8, 4) is 0 Å². The molecule has 0 spiro atoms. The molecule has 2 N–H and O–H groups in total. The highest BCUT2D eigenvalue weighted by Crippen LogP contribution is 2.38. The summed E-state index contributed by atoms with van der Waals surface area (Å²) >= 11 is 0. The Bertz CT molecular complexity index is 808. The summed E-state index contributed by atoms with van der Waals surface area (Å²) in [6, 6.07) is 0. The molecule has 1 saturated carbocycles. The molecule has 0 radical (unpaired) electrons. The zero-order valence-corrected chi connectivity index (χ0v) is 11.9. The predicted octanol–water partition coefficient (Wildman–Crippen LogP) is -1.19. The van der Waals surface area contributed by atoms with Crippen LogP contribution in [-0.2, 0) is 23.1 Å². The van der Waals surface area contributed by atoms with Crippen LogP contribution in [0.5, 0.6) is 0 Å². The minimum atomic E-state index is -0.931. The summed E-state index contributed by atoms with van der Waals surface area (Å²) in [5, 5.41) is 19.3. The summed E-state index contributed by atoms with van der Waals surface area (Å²) in [4.78, 5) is 34.3. The third-order valence-electron chi connectivity index (χ3n) is 3.81. The number of carbonyl (C=O) groups excluding carboxylic acids is 1. The lowest BCUT2D eigenvalue weighted by Crippen LogP contribution is -2.28. The van der Waals surface area contributed by atoms with Crippen LogP contribution >= 0.6 is 0 Å². The van der Waals surface area contributed by atoms with Crippen molar-refractivity contribution < 1.29 is 14.7 Å². The van der Waals surface area contributed by atoms with Crippen LogP contribution in [0.15, 0.2) is 17.2 Å². The van der Waals surface area contributed by atoms with Crippen molar-refractivity contribution in [1.82, 2.24) is 24.5 Å². The highest BCUT2D eigenvalue weighted by atomic mass is 16.4. The largest absolute Gasteiger partial charge is 0.481 e. The fourth-order valence-electron chi connectivity index (χ4n) is 2.37. The van der Waals surface area contributed by atoms with Crippen LogP contribution in [0.1, 0.15) is 12.2 Å². The van der Waals surface area contributed by atoms with E-state index in [1.165, 1.54) is 4.57 Å². The molecule has 22 heavy (non-hydrogen) atoms. The molecule has 3 rings (SSSR count). The van der Waals surface area contributed by atoms with E-state index in [0.717, 1.165) is 0 Å². The summed E-state index contributed by atoms with van der Waals surface area (Å²) in [5.41, 5.74) is -0.00738. The first-order chi connectivity index (χ1) is 10.5. The first-order valence-electron chi connectivity index (χ1n) is 6.89. The van der Waals surface area contributed by atoms with Gasteiger partial charge in [0.05, 0.1) is 11.8 Å². The summed E-state index contributed by atoms with van der Waals surface area (Å²) in [6.07, 6.45) is 4.10. The lowest BCUT2D eigenvalue weighted by Gasteiger charge is -2.04. The topological polar surface area (TPSA) is 119 Å². The molecule has 2 aromatic heterocycles. The van der Waals surface area contributed by atoms with Gasteiger partial charge in [-0.25, -0.2) is 0 Å². The Labute approximate surface area is 124 Å². The maximum Gasteiger partial charge on any atom is 0.307 e. The zero-order chi connectivity index (χ0) is 15.9. The number of nitrogens with one attached hydrogen (secondary N) is 1. The van der Waals surface area contributed by atoms with Crippen LogP contribution in [0.4, 0.5) is 0 Å². The Morgan fingerprint density at radius 2 is 2.14 bits per heavy atom. The van der Waals surface area contributed by atoms with Crippen molar-refractivity contribution in [3.05, 3.63) is 28.6 Å². The van der Waals surface area contributed by atoms with Crippen molar-refractivity contribution in [2.75, 3.05) is 6.54 Å². The predicted molar refractivity (Wildman–Crippen MR) is 74.2 cm³/mol. The van der Waals surface area contributed by atoms with Crippen molar-refractivity contribution in [2.45, 2.75) is 12.8 Å². The van der Waals surface area contributed by atoms with Gasteiger partial charge in [-0.3, -0.25) is 18.8 Å². The normalized spacial score (nSPS) is 20.0. The van der Waals surface area contributed by atoms with Gasteiger partial charge in [0.25, 0.3) is 5.56 Å². The summed E-state index contributed by atoms with van der Waals surface area (Å²) < 4.78 is 3.00. The third-order valence-corrected chi connectivity index (χ3v) is 3.81. The first kappa shape index (κ1) is 14.2. The molecule has 9 nitrogen and oxygen atoms in total. The Morgan fingerprint density at radius 3 is 2.82 bits per heavy atom. The number of hydrogen-bond acceptors (Lipinski definition) is 5. The van der Waals surface area contributed by atoms with Crippen molar-refractivity contribution in [1.29, 1.82) is 0 Å². The Hall–Kier alpha value is -2.71. The SMILES string of the molecule is Cn1ccn2c(CCNC(=O)[C@H]3C[C@H]3C(=O)O)nnc2c1=O. The minimum Gasteiger partial charge on any atom is -0.481 e. The minimum absolute atomic E-state index is 0.236. The van der Waals surface area contributed by atoms with Gasteiger partial charge >= 0.3 is 5.97 Å². The molecule has 2 aromatic rings. The molecule has 1 aliphatic carbocycles. The lowest BCUT2D eigenvalue weighted by atomic mass is 10.3. The van der Waals surface area contributed by atoms with Gasteiger partial charge in [0, 0.05) is 32.4 Å². The maximum absolute atomic E-state index is 11.8. The van der Waals surface area contributed by atoms with Crippen molar-refractivity contribution >= 4 is 17.5 Å². The fourth-order valence-corrected chi connectivity index (χ4v) is 2.37. The third kappa shape index (κ3) is 2.45. The van der Waals surface area contributed by atoms with E-state index >= 15 is 0 Å². The van der Waals surface area contributed by atoms with Crippen molar-refractivity contribution in [3.63, 3.8) is 0 Å². The highest BCUT2D eigenvalue weighted by Gasteiger charge is 2.48. The van der Waals surface area contributed by atoms with E-state index in [0.29, 0.717) is 25.2 Å². The molecule has 1 amide bonds. The van der Waals surface area contributed by atoms with Crippen LogP contribution in [-0.4, -0.2) is 42.7 Å². The van der Waals surface area contributed by atoms with E-state index in [1.807, 2.05) is 0 Å². The number of aromatic nitrogens is 4. The Kier molecular flexibility index (Phi) is 3.39. The van der Waals surface area contributed by atoms with E-state index in [4.69, 9.17) is 5.11 Å². The van der Waals surface area contributed by atoms with E-state index in [2.05, 4.69) is 15.5 Å². The van der Waals surface area contributed by atoms with Crippen molar-refractivity contribution in [2.24, 2.45) is 18.9 Å². The fraction of sp³-hybridized carbons (Fsp3) is 0.462. The van der Waals surface area contributed by atoms with Gasteiger partial charge < -0.3 is 15.0 Å². The summed E-state index contributed by atoms with van der Waals surface area (Å²) in [6.45, 7) is 0.317.